The molecule has 1 unspecified atom stereocenters. The summed E-state index contributed by atoms with van der Waals surface area (Å²) in [5, 5.41) is 3.13. The lowest BCUT2D eigenvalue weighted by molar-refractivity contribution is -0.154. The first-order valence-corrected chi connectivity index (χ1v) is 9.35. The molecule has 1 atom stereocenters. The number of ether oxygens (including phenoxy) is 1. The van der Waals surface area contributed by atoms with Gasteiger partial charge in [-0.1, -0.05) is 32.6 Å². The van der Waals surface area contributed by atoms with E-state index in [9.17, 15) is 9.59 Å². The molecular formula is C19H38N2O3. The van der Waals surface area contributed by atoms with Gasteiger partial charge in [-0.2, -0.15) is 0 Å². The van der Waals surface area contributed by atoms with Crippen molar-refractivity contribution in [3.63, 3.8) is 0 Å². The molecule has 5 heteroatoms. The van der Waals surface area contributed by atoms with Gasteiger partial charge < -0.3 is 15.0 Å². The van der Waals surface area contributed by atoms with Crippen LogP contribution in [-0.2, 0) is 14.3 Å². The van der Waals surface area contributed by atoms with E-state index in [-0.39, 0.29) is 17.9 Å². The van der Waals surface area contributed by atoms with Crippen LogP contribution in [0.15, 0.2) is 0 Å². The summed E-state index contributed by atoms with van der Waals surface area (Å²) in [7, 11) is 3.72. The van der Waals surface area contributed by atoms with Crippen LogP contribution < -0.4 is 5.32 Å². The molecule has 0 heterocycles. The maximum atomic E-state index is 12.3. The molecular weight excluding hydrogens is 304 g/mol. The van der Waals surface area contributed by atoms with Crippen LogP contribution in [0.4, 0.5) is 0 Å². The lowest BCUT2D eigenvalue weighted by Crippen LogP contribution is -2.43. The Morgan fingerprint density at radius 3 is 2.25 bits per heavy atom. The standard InChI is InChI=1S/C19H38N2O3/c1-7-8-15-21(6)18(23)16(20-5)13-11-9-10-12-14-17(22)24-19(2,3)4/h16,20H,7-15H2,1-6H3. The average Bonchev–Trinajstić information content (AvgIpc) is 2.49. The zero-order chi connectivity index (χ0) is 18.6. The van der Waals surface area contributed by atoms with Crippen molar-refractivity contribution >= 4 is 11.9 Å². The van der Waals surface area contributed by atoms with Gasteiger partial charge in [-0.15, -0.1) is 0 Å². The number of nitrogens with one attached hydrogen (secondary N) is 1. The Labute approximate surface area is 148 Å². The van der Waals surface area contributed by atoms with Crippen LogP contribution in [0.2, 0.25) is 0 Å². The highest BCUT2D eigenvalue weighted by Gasteiger charge is 2.19. The van der Waals surface area contributed by atoms with Gasteiger partial charge >= 0.3 is 5.97 Å². The maximum absolute atomic E-state index is 12.3. The number of esters is 1. The Bertz CT molecular complexity index is 364. The quantitative estimate of drug-likeness (QED) is 0.435. The molecule has 0 fully saturated rings. The summed E-state index contributed by atoms with van der Waals surface area (Å²) in [6.45, 7) is 8.61. The Morgan fingerprint density at radius 2 is 1.71 bits per heavy atom. The van der Waals surface area contributed by atoms with Gasteiger partial charge in [0.1, 0.15) is 5.60 Å². The van der Waals surface area contributed by atoms with E-state index in [1.807, 2.05) is 39.8 Å². The summed E-state index contributed by atoms with van der Waals surface area (Å²) in [6, 6.07) is -0.0993. The highest BCUT2D eigenvalue weighted by atomic mass is 16.6. The molecule has 0 aliphatic heterocycles. The molecule has 0 aromatic heterocycles. The first-order chi connectivity index (χ1) is 11.2. The van der Waals surface area contributed by atoms with E-state index in [0.29, 0.717) is 6.42 Å². The minimum atomic E-state index is -0.402. The predicted octanol–water partition coefficient (Wildman–Crippen LogP) is 3.52. The summed E-state index contributed by atoms with van der Waals surface area (Å²) >= 11 is 0. The monoisotopic (exact) mass is 342 g/mol. The summed E-state index contributed by atoms with van der Waals surface area (Å²) in [6.07, 6.45) is 7.34. The Morgan fingerprint density at radius 1 is 1.08 bits per heavy atom. The van der Waals surface area contributed by atoms with Gasteiger partial charge in [-0.05, 0) is 47.1 Å². The average molecular weight is 343 g/mol. The van der Waals surface area contributed by atoms with Crippen molar-refractivity contribution in [1.82, 2.24) is 10.2 Å². The number of nitrogens with zero attached hydrogens (tertiary/aromatic N) is 1. The van der Waals surface area contributed by atoms with E-state index >= 15 is 0 Å². The van der Waals surface area contributed by atoms with Crippen molar-refractivity contribution in [3.8, 4) is 0 Å². The molecule has 0 rings (SSSR count). The van der Waals surface area contributed by atoms with Crippen LogP contribution in [0.5, 0.6) is 0 Å². The number of likely N-dealkylation sites (N-methyl/N-ethyl adjacent to an activating group) is 2. The summed E-state index contributed by atoms with van der Waals surface area (Å²) in [5.74, 6) is 0.0584. The molecule has 0 bridgehead atoms. The molecule has 24 heavy (non-hydrogen) atoms. The molecule has 0 radical (unpaired) electrons. The number of amides is 1. The second-order valence-corrected chi connectivity index (χ2v) is 7.49. The largest absolute Gasteiger partial charge is 0.460 e. The van der Waals surface area contributed by atoms with Gasteiger partial charge in [0, 0.05) is 20.0 Å². The molecule has 1 amide bonds. The SMILES string of the molecule is CCCCN(C)C(=O)C(CCCCCCC(=O)OC(C)(C)C)NC. The molecule has 0 saturated heterocycles. The molecule has 0 spiro atoms. The van der Waals surface area contributed by atoms with Gasteiger partial charge in [-0.3, -0.25) is 9.59 Å². The summed E-state index contributed by atoms with van der Waals surface area (Å²) in [4.78, 5) is 25.8. The normalized spacial score (nSPS) is 12.8. The maximum Gasteiger partial charge on any atom is 0.306 e. The van der Waals surface area contributed by atoms with Crippen LogP contribution in [0.3, 0.4) is 0 Å². The lowest BCUT2D eigenvalue weighted by atomic mass is 10.1. The Kier molecular flexibility index (Phi) is 11.7. The topological polar surface area (TPSA) is 58.6 Å². The fourth-order valence-corrected chi connectivity index (χ4v) is 2.53. The van der Waals surface area contributed by atoms with Crippen molar-refractivity contribution in [2.45, 2.75) is 90.7 Å². The van der Waals surface area contributed by atoms with E-state index in [4.69, 9.17) is 4.74 Å². The highest BCUT2D eigenvalue weighted by Crippen LogP contribution is 2.12. The van der Waals surface area contributed by atoms with Gasteiger partial charge in [0.05, 0.1) is 6.04 Å². The van der Waals surface area contributed by atoms with Crippen LogP contribution in [-0.4, -0.2) is 49.1 Å². The number of carbonyl (C=O) groups excluding carboxylic acids is 2. The minimum absolute atomic E-state index is 0.0993. The van der Waals surface area contributed by atoms with Crippen molar-refractivity contribution in [2.24, 2.45) is 0 Å². The molecule has 142 valence electrons. The summed E-state index contributed by atoms with van der Waals surface area (Å²) < 4.78 is 5.29. The van der Waals surface area contributed by atoms with E-state index in [1.54, 1.807) is 0 Å². The van der Waals surface area contributed by atoms with Crippen LogP contribution in [0.25, 0.3) is 0 Å². The van der Waals surface area contributed by atoms with Gasteiger partial charge in [0.2, 0.25) is 5.91 Å². The first kappa shape index (κ1) is 22.9. The van der Waals surface area contributed by atoms with Crippen LogP contribution >= 0.6 is 0 Å². The van der Waals surface area contributed by atoms with Crippen molar-refractivity contribution in [1.29, 1.82) is 0 Å². The predicted molar refractivity (Wildman–Crippen MR) is 98.9 cm³/mol. The fraction of sp³-hybridized carbons (Fsp3) is 0.895. The second-order valence-electron chi connectivity index (χ2n) is 7.49. The molecule has 0 saturated carbocycles. The number of carbonyl (C=O) groups is 2. The van der Waals surface area contributed by atoms with Gasteiger partial charge in [0.25, 0.3) is 0 Å². The third-order valence-electron chi connectivity index (χ3n) is 3.91. The van der Waals surface area contributed by atoms with Crippen molar-refractivity contribution in [3.05, 3.63) is 0 Å². The molecule has 5 nitrogen and oxygen atoms in total. The highest BCUT2D eigenvalue weighted by molar-refractivity contribution is 5.81. The van der Waals surface area contributed by atoms with E-state index in [0.717, 1.165) is 51.5 Å². The Hall–Kier alpha value is -1.10. The van der Waals surface area contributed by atoms with E-state index < -0.39 is 5.60 Å². The van der Waals surface area contributed by atoms with Crippen molar-refractivity contribution < 1.29 is 14.3 Å². The molecule has 0 aliphatic rings. The fourth-order valence-electron chi connectivity index (χ4n) is 2.53. The number of unbranched alkanes of at least 4 members (excludes halogenated alkanes) is 4. The van der Waals surface area contributed by atoms with Gasteiger partial charge in [-0.25, -0.2) is 0 Å². The molecule has 0 aromatic rings. The van der Waals surface area contributed by atoms with Gasteiger partial charge in [0.15, 0.2) is 0 Å². The summed E-state index contributed by atoms with van der Waals surface area (Å²) in [5.41, 5.74) is -0.402. The Balaban J connectivity index is 3.88. The third-order valence-corrected chi connectivity index (χ3v) is 3.91. The first-order valence-electron chi connectivity index (χ1n) is 9.35. The molecule has 0 aliphatic carbocycles. The lowest BCUT2D eigenvalue weighted by Gasteiger charge is -2.23. The van der Waals surface area contributed by atoms with E-state index in [1.165, 1.54) is 0 Å². The minimum Gasteiger partial charge on any atom is -0.460 e. The third kappa shape index (κ3) is 11.4. The van der Waals surface area contributed by atoms with Crippen LogP contribution in [0, 0.1) is 0 Å². The second kappa shape index (κ2) is 12.3. The van der Waals surface area contributed by atoms with Crippen LogP contribution in [0.1, 0.15) is 79.1 Å². The number of rotatable bonds is 12. The number of hydrogen-bond donors (Lipinski definition) is 1. The molecule has 1 N–H and O–H groups in total. The number of hydrogen-bond acceptors (Lipinski definition) is 4. The zero-order valence-corrected chi connectivity index (χ0v) is 16.6. The van der Waals surface area contributed by atoms with E-state index in [2.05, 4.69) is 12.2 Å². The van der Waals surface area contributed by atoms with Crippen molar-refractivity contribution in [2.75, 3.05) is 20.6 Å². The zero-order valence-electron chi connectivity index (χ0n) is 16.6. The molecule has 0 aromatic carbocycles. The smallest absolute Gasteiger partial charge is 0.306 e.